The molecular formula is C38H52O5. The third kappa shape index (κ3) is 4.19. The standard InChI is InChI=1S/C38H52O5/c1-23(7-8-24-9-11-25(12-10-24)32(40)41)26-15-20-38(33(42)43)22-21-36(5)27(31(26)38)13-14-29-35(4)18-17-30(39)34(2,3)28(35)16-19-37(29,36)6/h7-12,26-31,39H,1,13-22H2,2-6H3,(H,40,41)(H,42,43)/b8-7+/t26-,27+,28-,29+,30-,31+,35-,36+,37+,38-/m0/s1. The number of carbonyl (C=O) groups is 2. The molecule has 10 atom stereocenters. The van der Waals surface area contributed by atoms with Gasteiger partial charge in [-0.05, 0) is 133 Å². The molecule has 1 aromatic carbocycles. The molecule has 234 valence electrons. The van der Waals surface area contributed by atoms with Crippen LogP contribution in [0.5, 0.6) is 0 Å². The van der Waals surface area contributed by atoms with Crippen molar-refractivity contribution in [1.29, 1.82) is 0 Å². The van der Waals surface area contributed by atoms with E-state index in [1.807, 2.05) is 18.2 Å². The van der Waals surface area contributed by atoms with E-state index < -0.39 is 17.4 Å². The maximum Gasteiger partial charge on any atom is 0.335 e. The number of aliphatic hydroxyl groups is 1. The van der Waals surface area contributed by atoms with Gasteiger partial charge in [-0.2, -0.15) is 0 Å². The number of aliphatic hydroxyl groups excluding tert-OH is 1. The third-order valence-corrected chi connectivity index (χ3v) is 15.0. The van der Waals surface area contributed by atoms with Crippen molar-refractivity contribution < 1.29 is 24.9 Å². The first kappa shape index (κ1) is 30.6. The molecule has 0 aliphatic heterocycles. The zero-order chi connectivity index (χ0) is 31.2. The van der Waals surface area contributed by atoms with Crippen LogP contribution in [0.3, 0.4) is 0 Å². The first-order valence-electron chi connectivity index (χ1n) is 16.7. The first-order valence-corrected chi connectivity index (χ1v) is 16.7. The molecule has 5 aliphatic carbocycles. The van der Waals surface area contributed by atoms with E-state index in [2.05, 4.69) is 47.3 Å². The SMILES string of the molecule is C=C(/C=C/c1ccc(C(=O)O)cc1)[C@@H]1CC[C@]2(C(=O)O)CC[C@]3(C)[C@H](CC[C@@H]4[C@@]5(C)CC[C@H](O)C(C)(C)[C@@H]5CC[C@]43C)[C@@H]12. The van der Waals surface area contributed by atoms with E-state index in [1.54, 1.807) is 12.1 Å². The van der Waals surface area contributed by atoms with Crippen molar-refractivity contribution in [3.05, 3.63) is 53.6 Å². The molecule has 0 aromatic heterocycles. The number of aliphatic carboxylic acids is 1. The summed E-state index contributed by atoms with van der Waals surface area (Å²) >= 11 is 0. The van der Waals surface area contributed by atoms with Crippen LogP contribution in [0.15, 0.2) is 42.5 Å². The second-order valence-corrected chi connectivity index (χ2v) is 16.5. The van der Waals surface area contributed by atoms with E-state index in [4.69, 9.17) is 0 Å². The van der Waals surface area contributed by atoms with Gasteiger partial charge in [-0.25, -0.2) is 4.79 Å². The van der Waals surface area contributed by atoms with Crippen LogP contribution in [0.2, 0.25) is 0 Å². The van der Waals surface area contributed by atoms with Crippen molar-refractivity contribution in [2.24, 2.45) is 56.7 Å². The Labute approximate surface area is 257 Å². The largest absolute Gasteiger partial charge is 0.481 e. The number of benzene rings is 1. The maximum absolute atomic E-state index is 13.2. The van der Waals surface area contributed by atoms with Gasteiger partial charge in [0.15, 0.2) is 0 Å². The van der Waals surface area contributed by atoms with E-state index in [0.717, 1.165) is 75.3 Å². The minimum atomic E-state index is -0.938. The average molecular weight is 589 g/mol. The highest BCUT2D eigenvalue weighted by Crippen LogP contribution is 2.77. The Hall–Kier alpha value is -2.40. The van der Waals surface area contributed by atoms with Crippen molar-refractivity contribution in [3.63, 3.8) is 0 Å². The molecule has 0 bridgehead atoms. The lowest BCUT2D eigenvalue weighted by atomic mass is 9.32. The first-order chi connectivity index (χ1) is 20.1. The molecule has 0 spiro atoms. The fraction of sp³-hybridized carbons (Fsp3) is 0.684. The molecule has 0 unspecified atom stereocenters. The van der Waals surface area contributed by atoms with Crippen LogP contribution in [-0.4, -0.2) is 33.4 Å². The summed E-state index contributed by atoms with van der Waals surface area (Å²) in [6, 6.07) is 6.85. The van der Waals surface area contributed by atoms with E-state index in [1.165, 1.54) is 0 Å². The van der Waals surface area contributed by atoms with E-state index in [0.29, 0.717) is 17.8 Å². The molecule has 0 amide bonds. The van der Waals surface area contributed by atoms with Crippen LogP contribution in [0.4, 0.5) is 0 Å². The Balaban J connectivity index is 1.32. The molecule has 6 rings (SSSR count). The average Bonchev–Trinajstić information content (AvgIpc) is 3.36. The number of allylic oxidation sites excluding steroid dienone is 2. The fourth-order valence-corrected chi connectivity index (χ4v) is 12.4. The monoisotopic (exact) mass is 588 g/mol. The lowest BCUT2D eigenvalue weighted by Gasteiger charge is -2.72. The van der Waals surface area contributed by atoms with Gasteiger partial charge in [-0.3, -0.25) is 4.79 Å². The highest BCUT2D eigenvalue weighted by molar-refractivity contribution is 5.87. The molecule has 0 heterocycles. The Bertz CT molecular complexity index is 1340. The Morgan fingerprint density at radius 3 is 2.16 bits per heavy atom. The third-order valence-electron chi connectivity index (χ3n) is 15.0. The highest BCUT2D eigenvalue weighted by atomic mass is 16.4. The van der Waals surface area contributed by atoms with Crippen LogP contribution in [0.1, 0.15) is 115 Å². The lowest BCUT2D eigenvalue weighted by Crippen LogP contribution is -2.67. The van der Waals surface area contributed by atoms with Crippen LogP contribution >= 0.6 is 0 Å². The molecule has 5 nitrogen and oxygen atoms in total. The van der Waals surface area contributed by atoms with Crippen molar-refractivity contribution >= 4 is 18.0 Å². The number of aromatic carboxylic acids is 1. The lowest BCUT2D eigenvalue weighted by molar-refractivity contribution is -0.248. The summed E-state index contributed by atoms with van der Waals surface area (Å²) in [5, 5.41) is 31.1. The zero-order valence-electron chi connectivity index (χ0n) is 26.9. The second-order valence-electron chi connectivity index (χ2n) is 16.5. The summed E-state index contributed by atoms with van der Waals surface area (Å²) in [5.74, 6) is 0.0851. The van der Waals surface area contributed by atoms with Gasteiger partial charge in [0.25, 0.3) is 0 Å². The predicted octanol–water partition coefficient (Wildman–Crippen LogP) is 8.48. The van der Waals surface area contributed by atoms with E-state index in [-0.39, 0.29) is 45.2 Å². The Morgan fingerprint density at radius 2 is 1.51 bits per heavy atom. The van der Waals surface area contributed by atoms with Crippen molar-refractivity contribution in [1.82, 2.24) is 0 Å². The summed E-state index contributed by atoms with van der Waals surface area (Å²) < 4.78 is 0. The smallest absolute Gasteiger partial charge is 0.335 e. The fourth-order valence-electron chi connectivity index (χ4n) is 12.4. The molecule has 5 saturated carbocycles. The number of carboxylic acids is 2. The molecule has 0 radical (unpaired) electrons. The molecule has 3 N–H and O–H groups in total. The summed E-state index contributed by atoms with van der Waals surface area (Å²) in [7, 11) is 0. The molecule has 43 heavy (non-hydrogen) atoms. The normalized spacial score (nSPS) is 45.0. The van der Waals surface area contributed by atoms with Crippen molar-refractivity contribution in [2.45, 2.75) is 105 Å². The van der Waals surface area contributed by atoms with Gasteiger partial charge in [0.2, 0.25) is 0 Å². The summed E-state index contributed by atoms with van der Waals surface area (Å²) in [6.07, 6.45) is 13.6. The zero-order valence-corrected chi connectivity index (χ0v) is 26.9. The van der Waals surface area contributed by atoms with Gasteiger partial charge in [0, 0.05) is 0 Å². The number of fused-ring (bicyclic) bond motifs is 7. The second kappa shape index (κ2) is 10.1. The predicted molar refractivity (Wildman–Crippen MR) is 169 cm³/mol. The number of rotatable bonds is 5. The summed E-state index contributed by atoms with van der Waals surface area (Å²) in [5.41, 5.74) is 1.82. The van der Waals surface area contributed by atoms with Crippen LogP contribution in [-0.2, 0) is 4.79 Å². The molecule has 0 saturated heterocycles. The van der Waals surface area contributed by atoms with Gasteiger partial charge in [-0.15, -0.1) is 0 Å². The number of hydrogen-bond donors (Lipinski definition) is 3. The minimum Gasteiger partial charge on any atom is -0.481 e. The van der Waals surface area contributed by atoms with E-state index in [9.17, 15) is 24.9 Å². The summed E-state index contributed by atoms with van der Waals surface area (Å²) in [6.45, 7) is 16.7. The van der Waals surface area contributed by atoms with Gasteiger partial charge in [0.05, 0.1) is 17.1 Å². The summed E-state index contributed by atoms with van der Waals surface area (Å²) in [4.78, 5) is 24.4. The van der Waals surface area contributed by atoms with Crippen molar-refractivity contribution in [2.75, 3.05) is 0 Å². The van der Waals surface area contributed by atoms with Crippen LogP contribution in [0, 0.1) is 56.7 Å². The Morgan fingerprint density at radius 1 is 0.814 bits per heavy atom. The number of hydrogen-bond acceptors (Lipinski definition) is 3. The Kier molecular flexibility index (Phi) is 7.16. The molecule has 1 aromatic rings. The number of carboxylic acid groups (broad SMARTS) is 2. The molecule has 5 fully saturated rings. The van der Waals surface area contributed by atoms with Crippen LogP contribution < -0.4 is 0 Å². The molecule has 5 heteroatoms. The minimum absolute atomic E-state index is 0.0625. The van der Waals surface area contributed by atoms with Crippen molar-refractivity contribution in [3.8, 4) is 0 Å². The molecular weight excluding hydrogens is 536 g/mol. The van der Waals surface area contributed by atoms with Gasteiger partial charge >= 0.3 is 11.9 Å². The maximum atomic E-state index is 13.2. The quantitative estimate of drug-likeness (QED) is 0.300. The molecule has 5 aliphatic rings. The van der Waals surface area contributed by atoms with Gasteiger partial charge in [0.1, 0.15) is 0 Å². The van der Waals surface area contributed by atoms with Gasteiger partial charge in [-0.1, -0.05) is 71.1 Å². The van der Waals surface area contributed by atoms with Crippen LogP contribution in [0.25, 0.3) is 6.08 Å². The van der Waals surface area contributed by atoms with Gasteiger partial charge < -0.3 is 15.3 Å². The van der Waals surface area contributed by atoms with E-state index >= 15 is 0 Å². The topological polar surface area (TPSA) is 94.8 Å². The highest BCUT2D eigenvalue weighted by Gasteiger charge is 2.72.